The Bertz CT molecular complexity index is 1060. The zero-order valence-corrected chi connectivity index (χ0v) is 17.3. The van der Waals surface area contributed by atoms with Crippen molar-refractivity contribution in [1.82, 2.24) is 19.6 Å². The van der Waals surface area contributed by atoms with Gasteiger partial charge in [0.05, 0.1) is 28.5 Å². The molecule has 152 valence electrons. The van der Waals surface area contributed by atoms with Crippen LogP contribution < -0.4 is 10.1 Å². The van der Waals surface area contributed by atoms with Crippen molar-refractivity contribution in [3.05, 3.63) is 57.6 Å². The van der Waals surface area contributed by atoms with Gasteiger partial charge in [-0.05, 0) is 25.1 Å². The van der Waals surface area contributed by atoms with Crippen LogP contribution in [0.15, 0.2) is 30.5 Å². The summed E-state index contributed by atoms with van der Waals surface area (Å²) in [6.45, 7) is 1.71. The number of methoxy groups -OCH3 is 1. The van der Waals surface area contributed by atoms with Gasteiger partial charge < -0.3 is 14.8 Å². The smallest absolute Gasteiger partial charge is 0.360 e. The molecule has 0 unspecified atom stereocenters. The SMILES string of the molecule is COC(=O)c1nn(C)c(C)c1NC(=O)c1ccn(COc2c(Cl)cccc2Cl)n1. The summed E-state index contributed by atoms with van der Waals surface area (Å²) in [4.78, 5) is 24.5. The second-order valence-electron chi connectivity index (χ2n) is 5.94. The zero-order valence-electron chi connectivity index (χ0n) is 15.8. The van der Waals surface area contributed by atoms with Crippen LogP contribution in [0.3, 0.4) is 0 Å². The van der Waals surface area contributed by atoms with Crippen molar-refractivity contribution in [2.75, 3.05) is 12.4 Å². The summed E-state index contributed by atoms with van der Waals surface area (Å²) < 4.78 is 13.2. The van der Waals surface area contributed by atoms with Crippen LogP contribution in [0.2, 0.25) is 10.0 Å². The molecule has 3 rings (SSSR count). The highest BCUT2D eigenvalue weighted by Gasteiger charge is 2.23. The third kappa shape index (κ3) is 4.36. The van der Waals surface area contributed by atoms with Crippen LogP contribution >= 0.6 is 23.2 Å². The van der Waals surface area contributed by atoms with Crippen molar-refractivity contribution in [2.24, 2.45) is 7.05 Å². The molecule has 0 fully saturated rings. The maximum atomic E-state index is 12.6. The summed E-state index contributed by atoms with van der Waals surface area (Å²) in [7, 11) is 2.90. The van der Waals surface area contributed by atoms with E-state index in [4.69, 9.17) is 32.7 Å². The molecule has 0 aliphatic rings. The van der Waals surface area contributed by atoms with Gasteiger partial charge in [0.15, 0.2) is 23.9 Å². The van der Waals surface area contributed by atoms with Gasteiger partial charge in [0, 0.05) is 13.2 Å². The zero-order chi connectivity index (χ0) is 21.1. The molecule has 0 spiro atoms. The van der Waals surface area contributed by atoms with Crippen molar-refractivity contribution < 1.29 is 19.1 Å². The number of aryl methyl sites for hydroxylation is 1. The molecule has 1 aromatic carbocycles. The molecular formula is C18H17Cl2N5O4. The number of esters is 1. The topological polar surface area (TPSA) is 100 Å². The lowest BCUT2D eigenvalue weighted by Gasteiger charge is -2.09. The number of rotatable bonds is 6. The first-order valence-corrected chi connectivity index (χ1v) is 9.11. The van der Waals surface area contributed by atoms with Crippen LogP contribution in [0.25, 0.3) is 0 Å². The van der Waals surface area contributed by atoms with Crippen molar-refractivity contribution in [1.29, 1.82) is 0 Å². The van der Waals surface area contributed by atoms with Gasteiger partial charge in [0.25, 0.3) is 5.91 Å². The maximum absolute atomic E-state index is 12.6. The van der Waals surface area contributed by atoms with Crippen LogP contribution in [0.4, 0.5) is 5.69 Å². The second kappa shape index (κ2) is 8.54. The van der Waals surface area contributed by atoms with Crippen LogP contribution in [0.1, 0.15) is 26.7 Å². The average Bonchev–Trinajstić information content (AvgIpc) is 3.27. The standard InChI is InChI=1S/C18H17Cl2N5O4/c1-10-14(15(18(27)28-3)23-24(10)2)21-17(26)13-7-8-25(22-13)9-29-16-11(19)5-4-6-12(16)20/h4-8H,9H2,1-3H3,(H,21,26). The Morgan fingerprint density at radius 1 is 1.17 bits per heavy atom. The fourth-order valence-corrected chi connectivity index (χ4v) is 2.99. The predicted molar refractivity (Wildman–Crippen MR) is 107 cm³/mol. The Labute approximate surface area is 176 Å². The van der Waals surface area contributed by atoms with Gasteiger partial charge in [-0.3, -0.25) is 9.48 Å². The van der Waals surface area contributed by atoms with Gasteiger partial charge >= 0.3 is 5.97 Å². The summed E-state index contributed by atoms with van der Waals surface area (Å²) in [5, 5.41) is 11.6. The van der Waals surface area contributed by atoms with Gasteiger partial charge in [0.1, 0.15) is 0 Å². The van der Waals surface area contributed by atoms with E-state index in [0.717, 1.165) is 0 Å². The molecule has 1 amide bonds. The highest BCUT2D eigenvalue weighted by molar-refractivity contribution is 6.37. The van der Waals surface area contributed by atoms with Crippen LogP contribution in [0.5, 0.6) is 5.75 Å². The number of halogens is 2. The number of anilines is 1. The Balaban J connectivity index is 1.73. The summed E-state index contributed by atoms with van der Waals surface area (Å²) >= 11 is 12.1. The van der Waals surface area contributed by atoms with Crippen molar-refractivity contribution in [3.63, 3.8) is 0 Å². The lowest BCUT2D eigenvalue weighted by atomic mass is 10.2. The minimum atomic E-state index is -0.653. The van der Waals surface area contributed by atoms with Crippen LogP contribution in [0, 0.1) is 6.92 Å². The van der Waals surface area contributed by atoms with Crippen molar-refractivity contribution in [3.8, 4) is 5.75 Å². The summed E-state index contributed by atoms with van der Waals surface area (Å²) in [6.07, 6.45) is 1.57. The van der Waals surface area contributed by atoms with Crippen molar-refractivity contribution >= 4 is 40.8 Å². The van der Waals surface area contributed by atoms with E-state index in [1.54, 1.807) is 38.4 Å². The van der Waals surface area contributed by atoms with E-state index < -0.39 is 11.9 Å². The quantitative estimate of drug-likeness (QED) is 0.593. The minimum absolute atomic E-state index is 0.00390. The molecule has 0 aliphatic carbocycles. The molecule has 0 atom stereocenters. The van der Waals surface area contributed by atoms with Gasteiger partial charge in [-0.15, -0.1) is 0 Å². The first-order valence-electron chi connectivity index (χ1n) is 8.35. The molecule has 0 bridgehead atoms. The first kappa shape index (κ1) is 20.7. The second-order valence-corrected chi connectivity index (χ2v) is 6.76. The molecule has 9 nitrogen and oxygen atoms in total. The maximum Gasteiger partial charge on any atom is 0.360 e. The van der Waals surface area contributed by atoms with Crippen molar-refractivity contribution in [2.45, 2.75) is 13.7 Å². The highest BCUT2D eigenvalue weighted by atomic mass is 35.5. The Hall–Kier alpha value is -3.04. The predicted octanol–water partition coefficient (Wildman–Crippen LogP) is 3.31. The molecule has 0 radical (unpaired) electrons. The first-order chi connectivity index (χ1) is 13.8. The van der Waals surface area contributed by atoms with Gasteiger partial charge in [0.2, 0.25) is 0 Å². The highest BCUT2D eigenvalue weighted by Crippen LogP contribution is 2.32. The largest absolute Gasteiger partial charge is 0.468 e. The van der Waals surface area contributed by atoms with E-state index in [-0.39, 0.29) is 23.8 Å². The average molecular weight is 438 g/mol. The Kier molecular flexibility index (Phi) is 6.09. The van der Waals surface area contributed by atoms with Gasteiger partial charge in [-0.25, -0.2) is 9.48 Å². The number of benzene rings is 1. The Morgan fingerprint density at radius 3 is 2.52 bits per heavy atom. The molecule has 2 aromatic heterocycles. The third-order valence-corrected chi connectivity index (χ3v) is 4.68. The van der Waals surface area contributed by atoms with E-state index in [9.17, 15) is 9.59 Å². The lowest BCUT2D eigenvalue weighted by Crippen LogP contribution is -2.17. The molecule has 11 heteroatoms. The molecule has 29 heavy (non-hydrogen) atoms. The number of carbonyl (C=O) groups excluding carboxylic acids is 2. The Morgan fingerprint density at radius 2 is 1.86 bits per heavy atom. The van der Waals surface area contributed by atoms with E-state index in [1.807, 2.05) is 0 Å². The van der Waals surface area contributed by atoms with E-state index in [1.165, 1.54) is 22.5 Å². The number of carbonyl (C=O) groups is 2. The number of nitrogens with one attached hydrogen (secondary N) is 1. The fraction of sp³-hybridized carbons (Fsp3) is 0.222. The normalized spacial score (nSPS) is 10.7. The number of para-hydroxylation sites is 1. The summed E-state index contributed by atoms with van der Waals surface area (Å²) in [5.74, 6) is -0.841. The molecule has 3 aromatic rings. The number of amides is 1. The van der Waals surface area contributed by atoms with E-state index in [2.05, 4.69) is 15.5 Å². The number of hydrogen-bond donors (Lipinski definition) is 1. The fourth-order valence-electron chi connectivity index (χ4n) is 2.48. The minimum Gasteiger partial charge on any atom is -0.468 e. The molecule has 0 saturated carbocycles. The van der Waals surface area contributed by atoms with Crippen LogP contribution in [-0.4, -0.2) is 38.5 Å². The van der Waals surface area contributed by atoms with E-state index in [0.29, 0.717) is 21.5 Å². The number of nitrogens with zero attached hydrogens (tertiary/aromatic N) is 4. The molecule has 0 aliphatic heterocycles. The van der Waals surface area contributed by atoms with E-state index >= 15 is 0 Å². The molecule has 2 heterocycles. The summed E-state index contributed by atoms with van der Waals surface area (Å²) in [6, 6.07) is 6.52. The summed E-state index contributed by atoms with van der Waals surface area (Å²) in [5.41, 5.74) is 0.989. The monoisotopic (exact) mass is 437 g/mol. The lowest BCUT2D eigenvalue weighted by molar-refractivity contribution is 0.0594. The third-order valence-electron chi connectivity index (χ3n) is 4.08. The molecular weight excluding hydrogens is 421 g/mol. The van der Waals surface area contributed by atoms with Crippen LogP contribution in [-0.2, 0) is 18.5 Å². The molecule has 1 N–H and O–H groups in total. The molecule has 0 saturated heterocycles. The number of hydrogen-bond acceptors (Lipinski definition) is 6. The number of aromatic nitrogens is 4. The number of ether oxygens (including phenoxy) is 2. The van der Waals surface area contributed by atoms with Gasteiger partial charge in [-0.1, -0.05) is 29.3 Å². The van der Waals surface area contributed by atoms with Gasteiger partial charge in [-0.2, -0.15) is 10.2 Å².